The molecule has 1 unspecified atom stereocenters. The van der Waals surface area contributed by atoms with E-state index in [0.29, 0.717) is 22.2 Å². The van der Waals surface area contributed by atoms with Crippen LogP contribution in [0.4, 0.5) is 5.69 Å². The molecule has 0 bridgehead atoms. The summed E-state index contributed by atoms with van der Waals surface area (Å²) in [6, 6.07) is 17.6. The first-order chi connectivity index (χ1) is 14.4. The lowest BCUT2D eigenvalue weighted by molar-refractivity contribution is -0.121. The van der Waals surface area contributed by atoms with E-state index in [1.807, 2.05) is 36.4 Å². The lowest BCUT2D eigenvalue weighted by Gasteiger charge is -2.25. The van der Waals surface area contributed by atoms with Gasteiger partial charge in [0.2, 0.25) is 11.8 Å². The molecule has 2 amide bonds. The second kappa shape index (κ2) is 9.96. The fraction of sp³-hybridized carbons (Fsp3) is 0.261. The number of nitriles is 1. The standard InChI is InChI=1S/C23H22BrN3O2S/c1-14(2)15-3-5-16(6-4-15)19-11-21(28)27-23(20(19)12-25)30-13-22(29)26-18-9-7-17(24)8-10-18/h3-10,14,19H,11,13H2,1-2H3,(H,26,29)(H,27,28). The van der Waals surface area contributed by atoms with Crippen LogP contribution in [0.15, 0.2) is 63.6 Å². The Morgan fingerprint density at radius 3 is 2.50 bits per heavy atom. The van der Waals surface area contributed by atoms with Crippen LogP contribution in [-0.4, -0.2) is 17.6 Å². The molecular formula is C23H22BrN3O2S. The largest absolute Gasteiger partial charge is 0.325 e. The summed E-state index contributed by atoms with van der Waals surface area (Å²) in [5.74, 6) is -0.153. The topological polar surface area (TPSA) is 82.0 Å². The lowest BCUT2D eigenvalue weighted by atomic mass is 9.86. The van der Waals surface area contributed by atoms with Crippen molar-refractivity contribution in [2.75, 3.05) is 11.1 Å². The normalized spacial score (nSPS) is 16.2. The van der Waals surface area contributed by atoms with Crippen LogP contribution in [0.25, 0.3) is 0 Å². The van der Waals surface area contributed by atoms with E-state index in [-0.39, 0.29) is 29.9 Å². The highest BCUT2D eigenvalue weighted by Gasteiger charge is 2.29. The lowest BCUT2D eigenvalue weighted by Crippen LogP contribution is -2.31. The highest BCUT2D eigenvalue weighted by atomic mass is 79.9. The molecule has 0 spiro atoms. The van der Waals surface area contributed by atoms with Gasteiger partial charge in [0.15, 0.2) is 0 Å². The van der Waals surface area contributed by atoms with Gasteiger partial charge >= 0.3 is 0 Å². The van der Waals surface area contributed by atoms with Crippen LogP contribution in [0.1, 0.15) is 43.2 Å². The van der Waals surface area contributed by atoms with E-state index >= 15 is 0 Å². The van der Waals surface area contributed by atoms with E-state index in [9.17, 15) is 14.9 Å². The smallest absolute Gasteiger partial charge is 0.234 e. The van der Waals surface area contributed by atoms with Crippen LogP contribution < -0.4 is 10.6 Å². The predicted octanol–water partition coefficient (Wildman–Crippen LogP) is 5.28. The van der Waals surface area contributed by atoms with E-state index in [1.54, 1.807) is 12.1 Å². The molecule has 0 saturated heterocycles. The van der Waals surface area contributed by atoms with Crippen LogP contribution in [0.3, 0.4) is 0 Å². The molecule has 3 rings (SSSR count). The van der Waals surface area contributed by atoms with Crippen molar-refractivity contribution < 1.29 is 9.59 Å². The van der Waals surface area contributed by atoms with E-state index < -0.39 is 0 Å². The zero-order chi connectivity index (χ0) is 21.7. The van der Waals surface area contributed by atoms with Crippen LogP contribution in [0.5, 0.6) is 0 Å². The number of allylic oxidation sites excluding steroid dienone is 1. The molecule has 0 aromatic heterocycles. The van der Waals surface area contributed by atoms with Gasteiger partial charge in [0.25, 0.3) is 0 Å². The number of carbonyl (C=O) groups excluding carboxylic acids is 2. The number of amides is 2. The number of benzene rings is 2. The number of nitrogens with one attached hydrogen (secondary N) is 2. The third-order valence-corrected chi connectivity index (χ3v) is 6.38. The average molecular weight is 484 g/mol. The quantitative estimate of drug-likeness (QED) is 0.585. The van der Waals surface area contributed by atoms with Gasteiger partial charge in [-0.25, -0.2) is 0 Å². The van der Waals surface area contributed by atoms with Crippen molar-refractivity contribution in [3.05, 3.63) is 74.7 Å². The molecule has 0 radical (unpaired) electrons. The Balaban J connectivity index is 1.74. The van der Waals surface area contributed by atoms with E-state index in [2.05, 4.69) is 46.5 Å². The zero-order valence-corrected chi connectivity index (χ0v) is 19.1. The number of rotatable bonds is 6. The maximum atomic E-state index is 12.3. The summed E-state index contributed by atoms with van der Waals surface area (Å²) in [7, 11) is 0. The molecule has 5 nitrogen and oxygen atoms in total. The molecular weight excluding hydrogens is 462 g/mol. The minimum atomic E-state index is -0.304. The fourth-order valence-electron chi connectivity index (χ4n) is 3.20. The van der Waals surface area contributed by atoms with Gasteiger partial charge in [-0.1, -0.05) is 65.8 Å². The second-order valence-corrected chi connectivity index (χ2v) is 9.23. The number of carbonyl (C=O) groups is 2. The number of thioether (sulfide) groups is 1. The molecule has 1 aliphatic rings. The Bertz CT molecular complexity index is 1010. The van der Waals surface area contributed by atoms with Crippen molar-refractivity contribution in [2.45, 2.75) is 32.1 Å². The number of anilines is 1. The first-order valence-electron chi connectivity index (χ1n) is 9.59. The average Bonchev–Trinajstić information content (AvgIpc) is 2.73. The molecule has 154 valence electrons. The summed E-state index contributed by atoms with van der Waals surface area (Å²) in [5, 5.41) is 15.8. The Labute approximate surface area is 189 Å². The minimum Gasteiger partial charge on any atom is -0.325 e. The van der Waals surface area contributed by atoms with Crippen molar-refractivity contribution in [1.29, 1.82) is 5.26 Å². The monoisotopic (exact) mass is 483 g/mol. The summed E-state index contributed by atoms with van der Waals surface area (Å²) in [4.78, 5) is 24.6. The van der Waals surface area contributed by atoms with Crippen molar-refractivity contribution in [1.82, 2.24) is 5.32 Å². The Morgan fingerprint density at radius 2 is 1.90 bits per heavy atom. The molecule has 0 saturated carbocycles. The first kappa shape index (κ1) is 22.1. The number of halogens is 1. The maximum Gasteiger partial charge on any atom is 0.234 e. The van der Waals surface area contributed by atoms with Gasteiger partial charge in [-0.3, -0.25) is 9.59 Å². The number of hydrogen-bond donors (Lipinski definition) is 2. The van der Waals surface area contributed by atoms with Crippen molar-refractivity contribution in [3.63, 3.8) is 0 Å². The van der Waals surface area contributed by atoms with Gasteiger partial charge in [-0.2, -0.15) is 5.26 Å². The molecule has 0 fully saturated rings. The van der Waals surface area contributed by atoms with Crippen molar-refractivity contribution >= 4 is 45.2 Å². The Morgan fingerprint density at radius 1 is 1.23 bits per heavy atom. The van der Waals surface area contributed by atoms with E-state index in [0.717, 1.165) is 10.0 Å². The highest BCUT2D eigenvalue weighted by molar-refractivity contribution is 9.10. The SMILES string of the molecule is CC(C)c1ccc(C2CC(=O)NC(SCC(=O)Nc3ccc(Br)cc3)=C2C#N)cc1. The van der Waals surface area contributed by atoms with Gasteiger partial charge in [-0.05, 0) is 41.3 Å². The number of hydrogen-bond acceptors (Lipinski definition) is 4. The van der Waals surface area contributed by atoms with Gasteiger partial charge < -0.3 is 10.6 Å². The van der Waals surface area contributed by atoms with Crippen molar-refractivity contribution in [3.8, 4) is 6.07 Å². The van der Waals surface area contributed by atoms with Crippen LogP contribution in [0, 0.1) is 11.3 Å². The molecule has 2 aromatic rings. The molecule has 1 heterocycles. The summed E-state index contributed by atoms with van der Waals surface area (Å²) in [6.07, 6.45) is 0.221. The van der Waals surface area contributed by atoms with Gasteiger partial charge in [0, 0.05) is 22.5 Å². The van der Waals surface area contributed by atoms with Gasteiger partial charge in [0.1, 0.15) is 0 Å². The molecule has 30 heavy (non-hydrogen) atoms. The Kier molecular flexibility index (Phi) is 7.35. The summed E-state index contributed by atoms with van der Waals surface area (Å²) >= 11 is 4.53. The highest BCUT2D eigenvalue weighted by Crippen LogP contribution is 2.36. The first-order valence-corrected chi connectivity index (χ1v) is 11.4. The van der Waals surface area contributed by atoms with E-state index in [1.165, 1.54) is 17.3 Å². The molecule has 0 aliphatic carbocycles. The second-order valence-electron chi connectivity index (χ2n) is 7.32. The van der Waals surface area contributed by atoms with Crippen LogP contribution >= 0.6 is 27.7 Å². The minimum absolute atomic E-state index is 0.0931. The zero-order valence-electron chi connectivity index (χ0n) is 16.7. The molecule has 7 heteroatoms. The summed E-state index contributed by atoms with van der Waals surface area (Å²) in [6.45, 7) is 4.25. The molecule has 1 atom stereocenters. The molecule has 2 N–H and O–H groups in total. The maximum absolute atomic E-state index is 12.3. The third kappa shape index (κ3) is 5.53. The number of nitrogens with zero attached hydrogens (tertiary/aromatic N) is 1. The van der Waals surface area contributed by atoms with Gasteiger partial charge in [0.05, 0.1) is 22.4 Å². The predicted molar refractivity (Wildman–Crippen MR) is 124 cm³/mol. The summed E-state index contributed by atoms with van der Waals surface area (Å²) < 4.78 is 0.927. The van der Waals surface area contributed by atoms with Crippen molar-refractivity contribution in [2.24, 2.45) is 0 Å². The molecule has 2 aromatic carbocycles. The van der Waals surface area contributed by atoms with Crippen LogP contribution in [-0.2, 0) is 9.59 Å². The molecule has 1 aliphatic heterocycles. The summed E-state index contributed by atoms with van der Waals surface area (Å²) in [5.41, 5.74) is 3.33. The van der Waals surface area contributed by atoms with Crippen LogP contribution in [0.2, 0.25) is 0 Å². The Hall–Kier alpha value is -2.56. The van der Waals surface area contributed by atoms with Gasteiger partial charge in [-0.15, -0.1) is 0 Å². The fourth-order valence-corrected chi connectivity index (χ4v) is 4.34. The third-order valence-electron chi connectivity index (χ3n) is 4.84. The van der Waals surface area contributed by atoms with E-state index in [4.69, 9.17) is 0 Å².